The highest BCUT2D eigenvalue weighted by atomic mass is 32.1. The fraction of sp³-hybridized carbons (Fsp3) is 0.538. The number of rotatable bonds is 5. The van der Waals surface area contributed by atoms with E-state index in [1.54, 1.807) is 4.90 Å². The maximum Gasteiger partial charge on any atom is 0.263 e. The lowest BCUT2D eigenvalue weighted by Crippen LogP contribution is -2.50. The molecule has 0 spiro atoms. The lowest BCUT2D eigenvalue weighted by atomic mass is 9.96. The molecule has 35 heavy (non-hydrogen) atoms. The van der Waals surface area contributed by atoms with Crippen molar-refractivity contribution in [3.8, 4) is 0 Å². The monoisotopic (exact) mass is 491 g/mol. The molecule has 1 atom stereocenters. The van der Waals surface area contributed by atoms with Gasteiger partial charge >= 0.3 is 0 Å². The van der Waals surface area contributed by atoms with Crippen LogP contribution < -0.4 is 10.2 Å². The zero-order chi connectivity index (χ0) is 23.9. The van der Waals surface area contributed by atoms with E-state index in [0.29, 0.717) is 17.9 Å². The van der Waals surface area contributed by atoms with Gasteiger partial charge in [0.2, 0.25) is 5.95 Å². The fourth-order valence-corrected chi connectivity index (χ4v) is 7.13. The molecule has 3 aliphatic rings. The number of amides is 1. The third kappa shape index (κ3) is 4.36. The summed E-state index contributed by atoms with van der Waals surface area (Å²) in [4.78, 5) is 34.6. The minimum atomic E-state index is 0.0556. The van der Waals surface area contributed by atoms with E-state index in [-0.39, 0.29) is 5.91 Å². The molecule has 2 saturated heterocycles. The van der Waals surface area contributed by atoms with Crippen LogP contribution in [0, 0.1) is 0 Å². The Kier molecular flexibility index (Phi) is 6.06. The Morgan fingerprint density at radius 2 is 1.91 bits per heavy atom. The molecule has 184 valence electrons. The molecular formula is C26H33N7OS. The SMILES string of the molecule is CN(C)C(=O)c1sc2cnc(Nc3ccc(N4CCN5CCC[C@H]5C4)cn3)nc2c1C1CCCC1. The van der Waals surface area contributed by atoms with E-state index in [4.69, 9.17) is 4.98 Å². The van der Waals surface area contributed by atoms with Crippen molar-refractivity contribution in [2.45, 2.75) is 50.5 Å². The lowest BCUT2D eigenvalue weighted by molar-refractivity contribution is 0.0831. The summed E-state index contributed by atoms with van der Waals surface area (Å²) in [6, 6.07) is 4.84. The van der Waals surface area contributed by atoms with Crippen LogP contribution in [-0.4, -0.2) is 77.0 Å². The molecule has 1 aliphatic carbocycles. The van der Waals surface area contributed by atoms with Crippen molar-refractivity contribution >= 4 is 44.9 Å². The second-order valence-corrected chi connectivity index (χ2v) is 11.3. The van der Waals surface area contributed by atoms with Gasteiger partial charge in [0.05, 0.1) is 33.2 Å². The molecule has 1 saturated carbocycles. The van der Waals surface area contributed by atoms with Crippen LogP contribution in [0.25, 0.3) is 10.2 Å². The number of carbonyl (C=O) groups excluding carboxylic acids is 1. The topological polar surface area (TPSA) is 77.5 Å². The quantitative estimate of drug-likeness (QED) is 0.564. The summed E-state index contributed by atoms with van der Waals surface area (Å²) in [6.45, 7) is 4.54. The van der Waals surface area contributed by atoms with E-state index in [2.05, 4.69) is 31.2 Å². The Bertz CT molecular complexity index is 1220. The zero-order valence-corrected chi connectivity index (χ0v) is 21.4. The van der Waals surface area contributed by atoms with Gasteiger partial charge in [-0.3, -0.25) is 9.69 Å². The van der Waals surface area contributed by atoms with Crippen LogP contribution in [0.5, 0.6) is 0 Å². The molecule has 9 heteroatoms. The molecule has 1 amide bonds. The highest BCUT2D eigenvalue weighted by Gasteiger charge is 2.31. The summed E-state index contributed by atoms with van der Waals surface area (Å²) in [7, 11) is 3.62. The highest BCUT2D eigenvalue weighted by Crippen LogP contribution is 2.43. The van der Waals surface area contributed by atoms with Crippen molar-refractivity contribution in [1.29, 1.82) is 0 Å². The van der Waals surface area contributed by atoms with Gasteiger partial charge in [-0.15, -0.1) is 11.3 Å². The Morgan fingerprint density at radius 1 is 1.06 bits per heavy atom. The number of hydrogen-bond acceptors (Lipinski definition) is 8. The third-order valence-electron chi connectivity index (χ3n) is 7.77. The minimum Gasteiger partial charge on any atom is -0.367 e. The molecule has 0 unspecified atom stereocenters. The first kappa shape index (κ1) is 22.7. The summed E-state index contributed by atoms with van der Waals surface area (Å²) in [5.41, 5.74) is 3.20. The van der Waals surface area contributed by atoms with Crippen molar-refractivity contribution < 1.29 is 4.79 Å². The molecule has 6 rings (SSSR count). The molecule has 2 aliphatic heterocycles. The second kappa shape index (κ2) is 9.35. The number of piperazine rings is 1. The standard InChI is InChI=1S/C26H33N7OS/c1-31(2)25(34)24-22(17-6-3-4-7-17)23-20(35-24)15-28-26(30-23)29-21-10-9-18(14-27-21)33-13-12-32-11-5-8-19(32)16-33/h9-10,14-15,17,19H,3-8,11-13,16H2,1-2H3,(H,27,28,29,30)/t19-/m0/s1. The highest BCUT2D eigenvalue weighted by molar-refractivity contribution is 7.21. The summed E-state index contributed by atoms with van der Waals surface area (Å²) < 4.78 is 0.969. The number of pyridine rings is 1. The van der Waals surface area contributed by atoms with Crippen molar-refractivity contribution in [2.75, 3.05) is 50.5 Å². The van der Waals surface area contributed by atoms with Crippen molar-refractivity contribution in [2.24, 2.45) is 0 Å². The molecule has 8 nitrogen and oxygen atoms in total. The van der Waals surface area contributed by atoms with E-state index in [1.807, 2.05) is 32.6 Å². The predicted molar refractivity (Wildman–Crippen MR) is 141 cm³/mol. The molecule has 3 aromatic heterocycles. The number of nitrogens with zero attached hydrogens (tertiary/aromatic N) is 6. The van der Waals surface area contributed by atoms with Gasteiger partial charge < -0.3 is 15.1 Å². The van der Waals surface area contributed by atoms with Crippen LogP contribution in [0.15, 0.2) is 24.5 Å². The average Bonchev–Trinajstić information content (AvgIpc) is 3.62. The predicted octanol–water partition coefficient (Wildman–Crippen LogP) is 4.47. The molecular weight excluding hydrogens is 458 g/mol. The van der Waals surface area contributed by atoms with Gasteiger partial charge in [0.1, 0.15) is 5.82 Å². The molecule has 0 bridgehead atoms. The van der Waals surface area contributed by atoms with Crippen LogP contribution in [-0.2, 0) is 0 Å². The second-order valence-electron chi connectivity index (χ2n) is 10.2. The summed E-state index contributed by atoms with van der Waals surface area (Å²) in [5.74, 6) is 1.70. The maximum atomic E-state index is 12.9. The summed E-state index contributed by atoms with van der Waals surface area (Å²) >= 11 is 1.52. The normalized spacial score (nSPS) is 21.0. The zero-order valence-electron chi connectivity index (χ0n) is 20.5. The number of hydrogen-bond donors (Lipinski definition) is 1. The van der Waals surface area contributed by atoms with Crippen LogP contribution in [0.3, 0.4) is 0 Å². The van der Waals surface area contributed by atoms with E-state index < -0.39 is 0 Å². The van der Waals surface area contributed by atoms with E-state index in [9.17, 15) is 4.79 Å². The van der Waals surface area contributed by atoms with Gasteiger partial charge in [0.15, 0.2) is 0 Å². The lowest BCUT2D eigenvalue weighted by Gasteiger charge is -2.38. The number of carbonyl (C=O) groups is 1. The van der Waals surface area contributed by atoms with Crippen LogP contribution >= 0.6 is 11.3 Å². The Balaban J connectivity index is 1.24. The Hall–Kier alpha value is -2.78. The molecule has 0 radical (unpaired) electrons. The van der Waals surface area contributed by atoms with Crippen molar-refractivity contribution in [3.63, 3.8) is 0 Å². The number of aromatic nitrogens is 3. The largest absolute Gasteiger partial charge is 0.367 e. The van der Waals surface area contributed by atoms with Gasteiger partial charge in [-0.05, 0) is 50.3 Å². The number of anilines is 3. The van der Waals surface area contributed by atoms with Crippen molar-refractivity contribution in [3.05, 3.63) is 35.0 Å². The molecule has 0 aromatic carbocycles. The molecule has 5 heterocycles. The molecule has 3 fully saturated rings. The van der Waals surface area contributed by atoms with Gasteiger partial charge in [-0.1, -0.05) is 12.8 Å². The van der Waals surface area contributed by atoms with Gasteiger partial charge in [0, 0.05) is 45.3 Å². The van der Waals surface area contributed by atoms with Crippen LogP contribution in [0.2, 0.25) is 0 Å². The van der Waals surface area contributed by atoms with Gasteiger partial charge in [-0.2, -0.15) is 0 Å². The smallest absolute Gasteiger partial charge is 0.263 e. The average molecular weight is 492 g/mol. The maximum absolute atomic E-state index is 12.9. The first-order valence-electron chi connectivity index (χ1n) is 12.8. The van der Waals surface area contributed by atoms with E-state index in [0.717, 1.165) is 59.0 Å². The van der Waals surface area contributed by atoms with E-state index >= 15 is 0 Å². The number of nitrogens with one attached hydrogen (secondary N) is 1. The van der Waals surface area contributed by atoms with Crippen molar-refractivity contribution in [1.82, 2.24) is 24.8 Å². The first-order valence-corrected chi connectivity index (χ1v) is 13.6. The number of fused-ring (bicyclic) bond motifs is 2. The minimum absolute atomic E-state index is 0.0556. The summed E-state index contributed by atoms with van der Waals surface area (Å²) in [5, 5.41) is 3.29. The van der Waals surface area contributed by atoms with Gasteiger partial charge in [-0.25, -0.2) is 15.0 Å². The fourth-order valence-electron chi connectivity index (χ4n) is 5.91. The van der Waals surface area contributed by atoms with Gasteiger partial charge in [0.25, 0.3) is 5.91 Å². The van der Waals surface area contributed by atoms with Crippen LogP contribution in [0.1, 0.15) is 59.7 Å². The summed E-state index contributed by atoms with van der Waals surface area (Å²) in [6.07, 6.45) is 11.1. The van der Waals surface area contributed by atoms with Crippen LogP contribution in [0.4, 0.5) is 17.5 Å². The Labute approximate surface area is 210 Å². The third-order valence-corrected chi connectivity index (χ3v) is 8.89. The first-order chi connectivity index (χ1) is 17.1. The molecule has 3 aromatic rings. The molecule has 1 N–H and O–H groups in total. The van der Waals surface area contributed by atoms with E-state index in [1.165, 1.54) is 49.3 Å². The Morgan fingerprint density at radius 3 is 2.69 bits per heavy atom. The number of thiophene rings is 1.